The van der Waals surface area contributed by atoms with Gasteiger partial charge < -0.3 is 24.8 Å². The molecule has 4 amide bonds. The molecule has 0 radical (unpaired) electrons. The lowest BCUT2D eigenvalue weighted by atomic mass is 10.1. The molecule has 1 fully saturated rings. The Kier molecular flexibility index (Phi) is 9.22. The Morgan fingerprint density at radius 3 is 2.80 bits per heavy atom. The quantitative estimate of drug-likeness (QED) is 0.426. The number of amides is 4. The van der Waals surface area contributed by atoms with Crippen LogP contribution in [0.2, 0.25) is 5.02 Å². The van der Waals surface area contributed by atoms with E-state index >= 15 is 0 Å². The number of pyridine rings is 1. The molecule has 4 heterocycles. The average molecular weight is 596 g/mol. The van der Waals surface area contributed by atoms with Crippen molar-refractivity contribution in [2.24, 2.45) is 0 Å². The largest absolute Gasteiger partial charge is 0.380 e. The number of thiophene rings is 1. The molecule has 0 spiro atoms. The number of fused-ring (bicyclic) bond motifs is 1. The molecule has 9 nitrogen and oxygen atoms in total. The Morgan fingerprint density at radius 2 is 2.05 bits per heavy atom. The highest BCUT2D eigenvalue weighted by molar-refractivity contribution is 7.10. The highest BCUT2D eigenvalue weighted by Crippen LogP contribution is 2.32. The molecule has 1 unspecified atom stereocenters. The first kappa shape index (κ1) is 29.0. The molecule has 2 aromatic heterocycles. The second-order valence-electron chi connectivity index (χ2n) is 10.4. The zero-order valence-electron chi connectivity index (χ0n) is 23.2. The van der Waals surface area contributed by atoms with Crippen molar-refractivity contribution in [3.63, 3.8) is 0 Å². The molecule has 11 heteroatoms. The summed E-state index contributed by atoms with van der Waals surface area (Å²) in [5.74, 6) is -0.253. The number of nitrogens with zero attached hydrogens (tertiary/aromatic N) is 4. The SMILES string of the molecule is COC1C[C@@H](C(=O)N(C)Cc2ccccn2)N(C(=O)NCc2ccc(C(=O)N3CCCCc4sccc43)cc2Cl)C1. The van der Waals surface area contributed by atoms with Gasteiger partial charge in [0, 0.05) is 61.9 Å². The van der Waals surface area contributed by atoms with Gasteiger partial charge in [-0.05, 0) is 60.5 Å². The standard InChI is InChI=1S/C30H34ClN5O4S/c1-34(18-22-7-3-5-12-32-22)29(38)26-16-23(40-2)19-36(26)30(39)33-17-21-10-9-20(15-24(21)31)28(37)35-13-6-4-8-27-25(35)11-14-41-27/h3,5,7,9-12,14-15,23,26H,4,6,8,13,16-19H2,1-2H3,(H,33,39)/t23?,26-/m0/s1. The van der Waals surface area contributed by atoms with Crippen LogP contribution in [0.15, 0.2) is 54.0 Å². The number of aromatic nitrogens is 1. The van der Waals surface area contributed by atoms with E-state index in [1.54, 1.807) is 54.8 Å². The lowest BCUT2D eigenvalue weighted by molar-refractivity contribution is -0.134. The molecule has 2 atom stereocenters. The molecule has 0 saturated carbocycles. The van der Waals surface area contributed by atoms with Gasteiger partial charge in [-0.15, -0.1) is 11.3 Å². The van der Waals surface area contributed by atoms with E-state index in [4.69, 9.17) is 16.3 Å². The summed E-state index contributed by atoms with van der Waals surface area (Å²) in [7, 11) is 3.29. The first-order valence-electron chi connectivity index (χ1n) is 13.7. The number of ether oxygens (including phenoxy) is 1. The van der Waals surface area contributed by atoms with Crippen LogP contribution in [0.25, 0.3) is 0 Å². The number of nitrogens with one attached hydrogen (secondary N) is 1. The van der Waals surface area contributed by atoms with Crippen LogP contribution in [-0.4, -0.2) is 72.0 Å². The monoisotopic (exact) mass is 595 g/mol. The van der Waals surface area contributed by atoms with Crippen molar-refractivity contribution in [1.29, 1.82) is 0 Å². The smallest absolute Gasteiger partial charge is 0.318 e. The van der Waals surface area contributed by atoms with Crippen LogP contribution >= 0.6 is 22.9 Å². The molecule has 0 aliphatic carbocycles. The summed E-state index contributed by atoms with van der Waals surface area (Å²) in [6, 6.07) is 11.7. The number of benzene rings is 1. The predicted octanol–water partition coefficient (Wildman–Crippen LogP) is 4.74. The molecular weight excluding hydrogens is 562 g/mol. The number of hydrogen-bond acceptors (Lipinski definition) is 6. The number of aryl methyl sites for hydroxylation is 1. The van der Waals surface area contributed by atoms with Crippen molar-refractivity contribution >= 4 is 46.5 Å². The number of halogens is 1. The van der Waals surface area contributed by atoms with Gasteiger partial charge in [0.2, 0.25) is 5.91 Å². The maximum atomic E-state index is 13.4. The van der Waals surface area contributed by atoms with Gasteiger partial charge in [-0.3, -0.25) is 14.6 Å². The Morgan fingerprint density at radius 1 is 1.20 bits per heavy atom. The minimum absolute atomic E-state index is 0.0807. The minimum Gasteiger partial charge on any atom is -0.380 e. The summed E-state index contributed by atoms with van der Waals surface area (Å²) < 4.78 is 5.50. The van der Waals surface area contributed by atoms with Crippen molar-refractivity contribution in [3.8, 4) is 0 Å². The number of hydrogen-bond donors (Lipinski definition) is 1. The van der Waals surface area contributed by atoms with E-state index in [1.807, 2.05) is 34.5 Å². The maximum Gasteiger partial charge on any atom is 0.318 e. The van der Waals surface area contributed by atoms with Crippen LogP contribution in [0, 0.1) is 0 Å². The summed E-state index contributed by atoms with van der Waals surface area (Å²) in [5, 5.41) is 5.33. The molecule has 3 aromatic rings. The molecule has 2 aliphatic heterocycles. The molecule has 1 saturated heterocycles. The van der Waals surface area contributed by atoms with Gasteiger partial charge in [0.1, 0.15) is 6.04 Å². The number of rotatable bonds is 7. The number of urea groups is 1. The number of carbonyl (C=O) groups is 3. The van der Waals surface area contributed by atoms with Crippen LogP contribution in [0.3, 0.4) is 0 Å². The first-order valence-corrected chi connectivity index (χ1v) is 15.0. The highest BCUT2D eigenvalue weighted by atomic mass is 35.5. The summed E-state index contributed by atoms with van der Waals surface area (Å²) in [5.41, 5.74) is 2.94. The van der Waals surface area contributed by atoms with Gasteiger partial charge in [0.25, 0.3) is 5.91 Å². The lowest BCUT2D eigenvalue weighted by Crippen LogP contribution is -2.49. The van der Waals surface area contributed by atoms with Gasteiger partial charge in [0.15, 0.2) is 0 Å². The van der Waals surface area contributed by atoms with Crippen LogP contribution in [-0.2, 0) is 29.0 Å². The first-order chi connectivity index (χ1) is 19.9. The van der Waals surface area contributed by atoms with Crippen molar-refractivity contribution in [3.05, 3.63) is 80.8 Å². The second-order valence-corrected chi connectivity index (χ2v) is 11.8. The Bertz CT molecular complexity index is 1400. The summed E-state index contributed by atoms with van der Waals surface area (Å²) in [6.07, 6.45) is 4.86. The number of methoxy groups -OCH3 is 1. The molecule has 41 heavy (non-hydrogen) atoms. The van der Waals surface area contributed by atoms with Gasteiger partial charge in [-0.25, -0.2) is 4.79 Å². The number of likely N-dealkylation sites (N-methyl/N-ethyl adjacent to an activating group) is 1. The van der Waals surface area contributed by atoms with E-state index in [0.717, 1.165) is 30.6 Å². The molecule has 0 bridgehead atoms. The van der Waals surface area contributed by atoms with Crippen LogP contribution in [0.4, 0.5) is 10.5 Å². The van der Waals surface area contributed by atoms with Crippen molar-refractivity contribution < 1.29 is 19.1 Å². The van der Waals surface area contributed by atoms with Crippen LogP contribution in [0.5, 0.6) is 0 Å². The summed E-state index contributed by atoms with van der Waals surface area (Å²) in [4.78, 5) is 50.5. The number of anilines is 1. The van der Waals surface area contributed by atoms with E-state index in [-0.39, 0.29) is 30.5 Å². The highest BCUT2D eigenvalue weighted by Gasteiger charge is 2.41. The van der Waals surface area contributed by atoms with E-state index in [9.17, 15) is 14.4 Å². The molecule has 5 rings (SSSR count). The van der Waals surface area contributed by atoms with Gasteiger partial charge in [-0.2, -0.15) is 0 Å². The fourth-order valence-corrected chi connectivity index (χ4v) is 6.56. The lowest BCUT2D eigenvalue weighted by Gasteiger charge is -2.28. The molecule has 1 aromatic carbocycles. The number of carbonyl (C=O) groups excluding carboxylic acids is 3. The Balaban J connectivity index is 1.23. The van der Waals surface area contributed by atoms with Gasteiger partial charge in [-0.1, -0.05) is 23.7 Å². The molecule has 1 N–H and O–H groups in total. The summed E-state index contributed by atoms with van der Waals surface area (Å²) in [6.45, 7) is 1.48. The van der Waals surface area contributed by atoms with Crippen molar-refractivity contribution in [2.75, 3.05) is 32.1 Å². The fraction of sp³-hybridized carbons (Fsp3) is 0.400. The minimum atomic E-state index is -0.653. The van der Waals surface area contributed by atoms with Crippen LogP contribution < -0.4 is 10.2 Å². The second kappa shape index (κ2) is 13.0. The average Bonchev–Trinajstić information content (AvgIpc) is 3.59. The fourth-order valence-electron chi connectivity index (χ4n) is 5.39. The van der Waals surface area contributed by atoms with E-state index in [1.165, 1.54) is 9.78 Å². The Hall–Kier alpha value is -3.47. The maximum absolute atomic E-state index is 13.4. The van der Waals surface area contributed by atoms with Crippen molar-refractivity contribution in [2.45, 2.75) is 50.9 Å². The zero-order chi connectivity index (χ0) is 28.9. The Labute approximate surface area is 249 Å². The van der Waals surface area contributed by atoms with Crippen LogP contribution in [0.1, 0.15) is 45.8 Å². The van der Waals surface area contributed by atoms with E-state index in [0.29, 0.717) is 42.2 Å². The zero-order valence-corrected chi connectivity index (χ0v) is 24.8. The number of likely N-dealkylation sites (tertiary alicyclic amines) is 1. The third-order valence-corrected chi connectivity index (χ3v) is 8.99. The third-order valence-electron chi connectivity index (χ3n) is 7.67. The molecule has 216 valence electrons. The van der Waals surface area contributed by atoms with Gasteiger partial charge in [0.05, 0.1) is 24.0 Å². The molecule has 2 aliphatic rings. The summed E-state index contributed by atoms with van der Waals surface area (Å²) >= 11 is 8.28. The van der Waals surface area contributed by atoms with Gasteiger partial charge >= 0.3 is 6.03 Å². The third kappa shape index (κ3) is 6.55. The topological polar surface area (TPSA) is 95.1 Å². The van der Waals surface area contributed by atoms with Crippen molar-refractivity contribution in [1.82, 2.24) is 20.1 Å². The normalized spacial score (nSPS) is 18.5. The molecular formula is C30H34ClN5O4S. The van der Waals surface area contributed by atoms with E-state index in [2.05, 4.69) is 10.3 Å². The predicted molar refractivity (Wildman–Crippen MR) is 159 cm³/mol. The van der Waals surface area contributed by atoms with E-state index < -0.39 is 6.04 Å².